The van der Waals surface area contributed by atoms with Crippen LogP contribution in [0.2, 0.25) is 0 Å². The number of amides is 1. The molecule has 0 aliphatic heterocycles. The summed E-state index contributed by atoms with van der Waals surface area (Å²) in [6.07, 6.45) is 0. The first kappa shape index (κ1) is 14.9. The Morgan fingerprint density at radius 2 is 1.95 bits per heavy atom. The second-order valence-corrected chi connectivity index (χ2v) is 5.52. The molecule has 0 heterocycles. The molecule has 2 rings (SSSR count). The second kappa shape index (κ2) is 6.78. The Morgan fingerprint density at radius 1 is 1.25 bits per heavy atom. The minimum Gasteiger partial charge on any atom is -0.345 e. The average molecular weight is 349 g/mol. The van der Waals surface area contributed by atoms with Gasteiger partial charge in [0.05, 0.1) is 17.3 Å². The molecular weight excluding hydrogens is 335 g/mol. The first-order valence-corrected chi connectivity index (χ1v) is 7.38. The monoisotopic (exact) mass is 348 g/mol. The summed E-state index contributed by atoms with van der Waals surface area (Å²) in [4.78, 5) is 12.3. The van der Waals surface area contributed by atoms with Gasteiger partial charge in [-0.3, -0.25) is 4.79 Å². The molecule has 0 aliphatic carbocycles. The minimum atomic E-state index is -0.153. The summed E-state index contributed by atoms with van der Waals surface area (Å²) in [7, 11) is 3.09. The first-order valence-electron chi connectivity index (χ1n) is 6.14. The minimum absolute atomic E-state index is 0.0646. The van der Waals surface area contributed by atoms with Crippen LogP contribution >= 0.6 is 25.0 Å². The van der Waals surface area contributed by atoms with Crippen molar-refractivity contribution in [1.82, 2.24) is 5.32 Å². The number of halogens is 1. The molecule has 102 valence electrons. The Labute approximate surface area is 128 Å². The zero-order valence-electron chi connectivity index (χ0n) is 10.9. The van der Waals surface area contributed by atoms with Gasteiger partial charge in [0.2, 0.25) is 0 Å². The molecular formula is C15H14BrN2OP. The SMILES string of the molecule is C[C@H](NC(=O)c1cc(Br)ccc1N=P)c1ccccc1. The maximum absolute atomic E-state index is 12.3. The fourth-order valence-electron chi connectivity index (χ4n) is 1.89. The van der Waals surface area contributed by atoms with Crippen LogP contribution in [0.3, 0.4) is 0 Å². The molecule has 0 radical (unpaired) electrons. The normalized spacial score (nSPS) is 11.7. The smallest absolute Gasteiger partial charge is 0.253 e. The third-order valence-electron chi connectivity index (χ3n) is 2.97. The Kier molecular flexibility index (Phi) is 5.05. The Bertz CT molecular complexity index is 631. The van der Waals surface area contributed by atoms with Crippen molar-refractivity contribution in [2.75, 3.05) is 0 Å². The number of carbonyl (C=O) groups excluding carboxylic acids is 1. The number of nitrogens with one attached hydrogen (secondary N) is 1. The van der Waals surface area contributed by atoms with E-state index < -0.39 is 0 Å². The third kappa shape index (κ3) is 3.53. The van der Waals surface area contributed by atoms with E-state index in [1.54, 1.807) is 12.1 Å². The third-order valence-corrected chi connectivity index (χ3v) is 3.71. The topological polar surface area (TPSA) is 41.5 Å². The van der Waals surface area contributed by atoms with Crippen molar-refractivity contribution in [2.24, 2.45) is 4.74 Å². The van der Waals surface area contributed by atoms with Gasteiger partial charge in [0.1, 0.15) is 0 Å². The van der Waals surface area contributed by atoms with Crippen molar-refractivity contribution in [3.05, 3.63) is 64.1 Å². The van der Waals surface area contributed by atoms with E-state index in [2.05, 4.69) is 35.0 Å². The van der Waals surface area contributed by atoms with Gasteiger partial charge in [0, 0.05) is 4.47 Å². The summed E-state index contributed by atoms with van der Waals surface area (Å²) in [5.74, 6) is -0.153. The Morgan fingerprint density at radius 3 is 2.60 bits per heavy atom. The lowest BCUT2D eigenvalue weighted by Crippen LogP contribution is -2.26. The Balaban J connectivity index is 2.20. The molecule has 0 saturated carbocycles. The van der Waals surface area contributed by atoms with Gasteiger partial charge in [-0.2, -0.15) is 0 Å². The number of carbonyl (C=O) groups is 1. The van der Waals surface area contributed by atoms with Gasteiger partial charge in [0.25, 0.3) is 5.91 Å². The molecule has 3 nitrogen and oxygen atoms in total. The van der Waals surface area contributed by atoms with Gasteiger partial charge in [-0.15, -0.1) is 0 Å². The first-order chi connectivity index (χ1) is 9.61. The van der Waals surface area contributed by atoms with Crippen LogP contribution in [0.15, 0.2) is 57.7 Å². The molecule has 0 bridgehead atoms. The summed E-state index contributed by atoms with van der Waals surface area (Å²) in [5.41, 5.74) is 2.19. The van der Waals surface area contributed by atoms with Gasteiger partial charge in [0.15, 0.2) is 0 Å². The molecule has 5 heteroatoms. The molecule has 0 fully saturated rings. The fraction of sp³-hybridized carbons (Fsp3) is 0.133. The van der Waals surface area contributed by atoms with E-state index in [9.17, 15) is 4.79 Å². The highest BCUT2D eigenvalue weighted by Gasteiger charge is 2.14. The summed E-state index contributed by atoms with van der Waals surface area (Å²) < 4.78 is 4.78. The highest BCUT2D eigenvalue weighted by Crippen LogP contribution is 2.25. The van der Waals surface area contributed by atoms with E-state index in [4.69, 9.17) is 0 Å². The van der Waals surface area contributed by atoms with Crippen LogP contribution in [0.25, 0.3) is 0 Å². The van der Waals surface area contributed by atoms with Crippen molar-refractivity contribution >= 4 is 36.6 Å². The molecule has 2 aromatic carbocycles. The average Bonchev–Trinajstić information content (AvgIpc) is 2.48. The quantitative estimate of drug-likeness (QED) is 0.784. The zero-order chi connectivity index (χ0) is 14.5. The maximum atomic E-state index is 12.3. The lowest BCUT2D eigenvalue weighted by atomic mass is 10.1. The number of hydrogen-bond donors (Lipinski definition) is 1. The predicted octanol–water partition coefficient (Wildman–Crippen LogP) is 4.90. The maximum Gasteiger partial charge on any atom is 0.253 e. The van der Waals surface area contributed by atoms with E-state index in [1.807, 2.05) is 43.3 Å². The molecule has 1 N–H and O–H groups in total. The van der Waals surface area contributed by atoms with E-state index in [1.165, 1.54) is 0 Å². The van der Waals surface area contributed by atoms with Crippen LogP contribution in [0.5, 0.6) is 0 Å². The summed E-state index contributed by atoms with van der Waals surface area (Å²) in [6.45, 7) is 1.95. The molecule has 0 spiro atoms. The summed E-state index contributed by atoms with van der Waals surface area (Å²) >= 11 is 3.37. The van der Waals surface area contributed by atoms with Crippen molar-refractivity contribution in [2.45, 2.75) is 13.0 Å². The van der Waals surface area contributed by atoms with Crippen LogP contribution in [-0.4, -0.2) is 5.91 Å². The van der Waals surface area contributed by atoms with Crippen LogP contribution in [-0.2, 0) is 0 Å². The van der Waals surface area contributed by atoms with Crippen molar-refractivity contribution in [3.63, 3.8) is 0 Å². The van der Waals surface area contributed by atoms with Gasteiger partial charge < -0.3 is 5.32 Å². The van der Waals surface area contributed by atoms with Gasteiger partial charge >= 0.3 is 0 Å². The van der Waals surface area contributed by atoms with Crippen LogP contribution in [0.4, 0.5) is 5.69 Å². The fourth-order valence-corrected chi connectivity index (χ4v) is 2.44. The van der Waals surface area contributed by atoms with Crippen LogP contribution in [0.1, 0.15) is 28.9 Å². The van der Waals surface area contributed by atoms with E-state index in [0.29, 0.717) is 11.3 Å². The molecule has 1 atom stereocenters. The van der Waals surface area contributed by atoms with Crippen molar-refractivity contribution in [3.8, 4) is 0 Å². The lowest BCUT2D eigenvalue weighted by Gasteiger charge is -2.15. The van der Waals surface area contributed by atoms with Gasteiger partial charge in [-0.1, -0.05) is 46.3 Å². The number of hydrogen-bond acceptors (Lipinski definition) is 2. The van der Waals surface area contributed by atoms with Gasteiger partial charge in [-0.25, -0.2) is 4.74 Å². The van der Waals surface area contributed by atoms with E-state index >= 15 is 0 Å². The van der Waals surface area contributed by atoms with Crippen molar-refractivity contribution in [1.29, 1.82) is 0 Å². The number of rotatable bonds is 4. The lowest BCUT2D eigenvalue weighted by molar-refractivity contribution is 0.0940. The largest absolute Gasteiger partial charge is 0.345 e. The highest BCUT2D eigenvalue weighted by molar-refractivity contribution is 9.10. The van der Waals surface area contributed by atoms with Crippen molar-refractivity contribution < 1.29 is 4.79 Å². The summed E-state index contributed by atoms with van der Waals surface area (Å²) in [5, 5.41) is 2.97. The molecule has 0 aliphatic rings. The molecule has 2 aromatic rings. The molecule has 0 unspecified atom stereocenters. The Hall–Kier alpha value is -1.51. The molecule has 0 saturated heterocycles. The summed E-state index contributed by atoms with van der Waals surface area (Å²) in [6, 6.07) is 15.1. The number of benzene rings is 2. The van der Waals surface area contributed by atoms with E-state index in [0.717, 1.165) is 10.0 Å². The second-order valence-electron chi connectivity index (χ2n) is 4.38. The zero-order valence-corrected chi connectivity index (χ0v) is 13.5. The van der Waals surface area contributed by atoms with Crippen LogP contribution in [0, 0.1) is 0 Å². The molecule has 0 aromatic heterocycles. The standard InChI is InChI=1S/C15H14BrN2OP/c1-10(11-5-3-2-4-6-11)17-15(19)13-9-12(16)7-8-14(13)18-20/h2-10,20H,1H3,(H,17,19)/t10-/m0/s1. The van der Waals surface area contributed by atoms with Crippen LogP contribution < -0.4 is 5.32 Å². The molecule has 1 amide bonds. The molecule has 20 heavy (non-hydrogen) atoms. The highest BCUT2D eigenvalue weighted by atomic mass is 79.9. The van der Waals surface area contributed by atoms with E-state index in [-0.39, 0.29) is 11.9 Å². The van der Waals surface area contributed by atoms with Gasteiger partial charge in [-0.05, 0) is 39.7 Å². The number of nitrogens with zero attached hydrogens (tertiary/aromatic N) is 1. The predicted molar refractivity (Wildman–Crippen MR) is 86.9 cm³/mol.